The maximum Gasteiger partial charge on any atom is 0.116 e. The van der Waals surface area contributed by atoms with E-state index >= 15 is 0 Å². The molecule has 0 amide bonds. The first-order chi connectivity index (χ1) is 23.3. The zero-order valence-corrected chi connectivity index (χ0v) is 26.2. The fourth-order valence-electron chi connectivity index (χ4n) is 7.92. The van der Waals surface area contributed by atoms with Gasteiger partial charge in [0.15, 0.2) is 0 Å². The number of benzene rings is 5. The predicted molar refractivity (Wildman–Crippen MR) is 193 cm³/mol. The second kappa shape index (κ2) is 12.6. The molecule has 0 N–H and O–H groups in total. The highest BCUT2D eigenvalue weighted by molar-refractivity contribution is 5.94. The predicted octanol–water partition coefficient (Wildman–Crippen LogP) is 10.2. The van der Waals surface area contributed by atoms with Crippen LogP contribution >= 0.6 is 0 Å². The number of pyridine rings is 1. The van der Waals surface area contributed by atoms with Gasteiger partial charge in [-0.25, -0.2) is 9.97 Å². The first-order valence-electron chi connectivity index (χ1n) is 16.4. The van der Waals surface area contributed by atoms with Gasteiger partial charge in [-0.3, -0.25) is 4.98 Å². The minimum Gasteiger partial charge on any atom is -0.262 e. The van der Waals surface area contributed by atoms with Crippen LogP contribution in [0.5, 0.6) is 0 Å². The highest BCUT2D eigenvalue weighted by Gasteiger charge is 2.46. The number of allylic oxidation sites excluding steroid dienone is 4. The van der Waals surface area contributed by atoms with Crippen molar-refractivity contribution < 1.29 is 0 Å². The van der Waals surface area contributed by atoms with Crippen molar-refractivity contribution in [3.8, 4) is 0 Å². The summed E-state index contributed by atoms with van der Waals surface area (Å²) >= 11 is 0. The minimum atomic E-state index is -0.274. The third kappa shape index (κ3) is 5.14. The Morgan fingerprint density at radius 2 is 1.23 bits per heavy atom. The van der Waals surface area contributed by atoms with Gasteiger partial charge in [-0.05, 0) is 69.5 Å². The number of aromatic nitrogens is 3. The molecule has 9 rings (SSSR count). The third-order valence-corrected chi connectivity index (χ3v) is 9.92. The van der Waals surface area contributed by atoms with Crippen LogP contribution in [-0.2, 0) is 11.8 Å². The first-order valence-corrected chi connectivity index (χ1v) is 16.4. The summed E-state index contributed by atoms with van der Waals surface area (Å²) in [6.45, 7) is 0. The van der Waals surface area contributed by atoms with Gasteiger partial charge in [-0.15, -0.1) is 0 Å². The summed E-state index contributed by atoms with van der Waals surface area (Å²) in [5.74, 6) is 0.333. The molecule has 1 atom stereocenters. The lowest BCUT2D eigenvalue weighted by Gasteiger charge is -2.46. The van der Waals surface area contributed by atoms with Gasteiger partial charge in [-0.2, -0.15) is 0 Å². The molecule has 0 aliphatic heterocycles. The van der Waals surface area contributed by atoms with Crippen molar-refractivity contribution in [3.63, 3.8) is 0 Å². The number of aryl methyl sites for hydroxylation is 1. The summed E-state index contributed by atoms with van der Waals surface area (Å²) in [7, 11) is 0. The highest BCUT2D eigenvalue weighted by Crippen LogP contribution is 2.54. The largest absolute Gasteiger partial charge is 0.262 e. The molecule has 0 saturated carbocycles. The van der Waals surface area contributed by atoms with Crippen molar-refractivity contribution in [2.45, 2.75) is 24.7 Å². The van der Waals surface area contributed by atoms with Crippen LogP contribution in [0.15, 0.2) is 176 Å². The maximum atomic E-state index is 4.01. The van der Waals surface area contributed by atoms with E-state index in [0.717, 1.165) is 30.2 Å². The van der Waals surface area contributed by atoms with E-state index < -0.39 is 0 Å². The second-order valence-electron chi connectivity index (χ2n) is 12.3. The molecule has 7 aromatic rings. The van der Waals surface area contributed by atoms with Crippen molar-refractivity contribution in [3.05, 3.63) is 204 Å². The summed E-state index contributed by atoms with van der Waals surface area (Å²) in [6, 6.07) is 49.1. The van der Waals surface area contributed by atoms with Gasteiger partial charge in [0.05, 0.1) is 17.1 Å². The molecule has 2 heterocycles. The molecule has 2 aliphatic carbocycles. The highest BCUT2D eigenvalue weighted by atomic mass is 14.8. The number of hydrogen-bond donors (Lipinski definition) is 0. The molecular formula is C44H35N3. The van der Waals surface area contributed by atoms with E-state index in [-0.39, 0.29) is 5.41 Å². The van der Waals surface area contributed by atoms with Crippen molar-refractivity contribution in [1.29, 1.82) is 0 Å². The van der Waals surface area contributed by atoms with Crippen molar-refractivity contribution >= 4 is 27.2 Å². The summed E-state index contributed by atoms with van der Waals surface area (Å²) in [5, 5.41) is 3.77. The second-order valence-corrected chi connectivity index (χ2v) is 12.3. The fourth-order valence-corrected chi connectivity index (χ4v) is 7.92. The number of nitrogens with zero attached hydrogens (tertiary/aromatic N) is 3. The summed E-state index contributed by atoms with van der Waals surface area (Å²) < 4.78 is 0. The number of hydrogen-bond acceptors (Lipinski definition) is 3. The summed E-state index contributed by atoms with van der Waals surface area (Å²) in [4.78, 5) is 11.8. The van der Waals surface area contributed by atoms with Gasteiger partial charge in [0.2, 0.25) is 0 Å². The standard InChI is InChI=1S/C37H30.C7H5N3/c1-4-14-28(15-5-1)37(29-16-6-2-7-17-29,30-18-8-3-9-19-30)36-22-12-21-32-34-24-23-27-13-10-11-20-31(27)33(34)25-26-35(32)36;1-2-8-4-7-6(1)3-9-5-10-7/h1-21,23-24,36H,22,25-26H2;1-5H. The Balaban J connectivity index is 0.000000276. The molecule has 2 aromatic heterocycles. The van der Waals surface area contributed by atoms with Gasteiger partial charge in [-0.1, -0.05) is 145 Å². The maximum absolute atomic E-state index is 4.01. The van der Waals surface area contributed by atoms with Gasteiger partial charge in [0.25, 0.3) is 0 Å². The van der Waals surface area contributed by atoms with E-state index in [2.05, 4.69) is 154 Å². The molecule has 0 bridgehead atoms. The molecule has 5 aromatic carbocycles. The number of rotatable bonds is 4. The Morgan fingerprint density at radius 1 is 0.574 bits per heavy atom. The minimum absolute atomic E-state index is 0.274. The molecule has 47 heavy (non-hydrogen) atoms. The topological polar surface area (TPSA) is 38.7 Å². The van der Waals surface area contributed by atoms with Crippen LogP contribution in [0.25, 0.3) is 27.2 Å². The van der Waals surface area contributed by atoms with Crippen LogP contribution in [0, 0.1) is 5.92 Å². The lowest BCUT2D eigenvalue weighted by Crippen LogP contribution is -2.40. The van der Waals surface area contributed by atoms with Gasteiger partial charge < -0.3 is 0 Å². The molecule has 3 heteroatoms. The van der Waals surface area contributed by atoms with Crippen LogP contribution in [0.4, 0.5) is 0 Å². The number of fused-ring (bicyclic) bond motifs is 5. The van der Waals surface area contributed by atoms with Crippen LogP contribution < -0.4 is 0 Å². The van der Waals surface area contributed by atoms with Gasteiger partial charge >= 0.3 is 0 Å². The SMILES string of the molecule is C1=CC2=C(CCc3c2ccc2ccccc32)C(C(c2ccccc2)(c2ccccc2)c2ccccc2)C1.c1cc2cncnc2cn1. The van der Waals surface area contributed by atoms with E-state index in [1.54, 1.807) is 24.2 Å². The quantitative estimate of drug-likeness (QED) is 0.187. The molecule has 0 spiro atoms. The lowest BCUT2D eigenvalue weighted by molar-refractivity contribution is 0.415. The lowest BCUT2D eigenvalue weighted by atomic mass is 9.56. The average Bonchev–Trinajstić information content (AvgIpc) is 3.16. The van der Waals surface area contributed by atoms with Crippen LogP contribution in [-0.4, -0.2) is 15.0 Å². The average molecular weight is 606 g/mol. The summed E-state index contributed by atoms with van der Waals surface area (Å²) in [5.41, 5.74) is 10.7. The van der Waals surface area contributed by atoms with Crippen molar-refractivity contribution in [2.24, 2.45) is 5.92 Å². The molecular weight excluding hydrogens is 571 g/mol. The molecule has 226 valence electrons. The van der Waals surface area contributed by atoms with Crippen LogP contribution in [0.2, 0.25) is 0 Å². The van der Waals surface area contributed by atoms with E-state index in [1.165, 1.54) is 50.5 Å². The van der Waals surface area contributed by atoms with Crippen molar-refractivity contribution in [2.75, 3.05) is 0 Å². The molecule has 0 saturated heterocycles. The Morgan fingerprint density at radius 3 is 1.91 bits per heavy atom. The van der Waals surface area contributed by atoms with Crippen molar-refractivity contribution in [1.82, 2.24) is 15.0 Å². The molecule has 0 radical (unpaired) electrons. The van der Waals surface area contributed by atoms with E-state index in [9.17, 15) is 0 Å². The van der Waals surface area contributed by atoms with E-state index in [4.69, 9.17) is 0 Å². The zero-order valence-electron chi connectivity index (χ0n) is 26.2. The fraction of sp³-hybridized carbons (Fsp3) is 0.114. The normalized spacial score (nSPS) is 15.4. The zero-order chi connectivity index (χ0) is 31.5. The Labute approximate surface area is 276 Å². The Kier molecular flexibility index (Phi) is 7.72. The van der Waals surface area contributed by atoms with Crippen LogP contribution in [0.1, 0.15) is 40.7 Å². The van der Waals surface area contributed by atoms with Gasteiger partial charge in [0.1, 0.15) is 6.33 Å². The monoisotopic (exact) mass is 605 g/mol. The molecule has 2 aliphatic rings. The van der Waals surface area contributed by atoms with E-state index in [1.807, 2.05) is 6.07 Å². The smallest absolute Gasteiger partial charge is 0.116 e. The molecule has 3 nitrogen and oxygen atoms in total. The Hall–Kier alpha value is -5.67. The Bertz CT molecular complexity index is 2060. The molecule has 1 unspecified atom stereocenters. The summed E-state index contributed by atoms with van der Waals surface area (Å²) in [6.07, 6.45) is 14.8. The molecule has 0 fully saturated rings. The van der Waals surface area contributed by atoms with E-state index in [0.29, 0.717) is 5.92 Å². The van der Waals surface area contributed by atoms with Gasteiger partial charge in [0, 0.05) is 23.7 Å². The first kappa shape index (κ1) is 28.8. The third-order valence-electron chi connectivity index (χ3n) is 9.92. The van der Waals surface area contributed by atoms with Crippen LogP contribution in [0.3, 0.4) is 0 Å².